The predicted molar refractivity (Wildman–Crippen MR) is 116 cm³/mol. The van der Waals surface area contributed by atoms with E-state index in [2.05, 4.69) is 10.0 Å². The summed E-state index contributed by atoms with van der Waals surface area (Å²) in [4.78, 5) is 13.2. The Labute approximate surface area is 173 Å². The van der Waals surface area contributed by atoms with Crippen LogP contribution in [0.15, 0.2) is 65.6 Å². The Kier molecular flexibility index (Phi) is 6.49. The number of hydrogen-bond donors (Lipinski definition) is 2. The first-order valence-corrected chi connectivity index (χ1v) is 11.7. The van der Waals surface area contributed by atoms with E-state index < -0.39 is 10.0 Å². The lowest BCUT2D eigenvalue weighted by molar-refractivity contribution is -0.118. The summed E-state index contributed by atoms with van der Waals surface area (Å²) >= 11 is 7.73. The smallest absolute Gasteiger partial charge is 0.230 e. The number of benzene rings is 3. The molecule has 146 valence electrons. The second kappa shape index (κ2) is 8.86. The van der Waals surface area contributed by atoms with Crippen molar-refractivity contribution in [2.75, 3.05) is 16.7 Å². The molecule has 0 saturated carbocycles. The fourth-order valence-electron chi connectivity index (χ4n) is 2.74. The number of sulfonamides is 1. The van der Waals surface area contributed by atoms with Crippen molar-refractivity contribution in [2.45, 2.75) is 11.4 Å². The lowest BCUT2D eigenvalue weighted by Crippen LogP contribution is -2.25. The molecule has 0 aromatic heterocycles. The molecule has 0 aliphatic heterocycles. The molecule has 5 nitrogen and oxygen atoms in total. The summed E-state index contributed by atoms with van der Waals surface area (Å²) in [5.41, 5.74) is 1.15. The lowest BCUT2D eigenvalue weighted by atomic mass is 10.1. The number of halogens is 1. The zero-order valence-electron chi connectivity index (χ0n) is 15.1. The zero-order valence-corrected chi connectivity index (χ0v) is 17.5. The van der Waals surface area contributed by atoms with Crippen LogP contribution in [0.2, 0.25) is 5.02 Å². The Balaban J connectivity index is 1.64. The molecule has 3 aromatic carbocycles. The van der Waals surface area contributed by atoms with E-state index in [1.165, 1.54) is 11.8 Å². The van der Waals surface area contributed by atoms with Crippen LogP contribution in [0, 0.1) is 0 Å². The number of rotatable bonds is 7. The van der Waals surface area contributed by atoms with Gasteiger partial charge in [-0.25, -0.2) is 8.42 Å². The first kappa shape index (κ1) is 20.5. The summed E-state index contributed by atoms with van der Waals surface area (Å²) in [6.07, 6.45) is 1.09. The van der Waals surface area contributed by atoms with Crippen LogP contribution in [-0.4, -0.2) is 26.3 Å². The van der Waals surface area contributed by atoms with Crippen molar-refractivity contribution in [3.63, 3.8) is 0 Å². The topological polar surface area (TPSA) is 75.3 Å². The number of thioether (sulfide) groups is 1. The molecule has 0 radical (unpaired) electrons. The monoisotopic (exact) mass is 434 g/mol. The highest BCUT2D eigenvalue weighted by Crippen LogP contribution is 2.33. The van der Waals surface area contributed by atoms with Crippen LogP contribution in [0.25, 0.3) is 10.8 Å². The number of carbonyl (C=O) groups excluding carboxylic acids is 1. The fourth-order valence-corrected chi connectivity index (χ4v) is 4.62. The average Bonchev–Trinajstić information content (AvgIpc) is 2.64. The van der Waals surface area contributed by atoms with Crippen molar-refractivity contribution < 1.29 is 13.2 Å². The zero-order chi connectivity index (χ0) is 20.1. The van der Waals surface area contributed by atoms with Gasteiger partial charge in [0.05, 0.1) is 17.7 Å². The van der Waals surface area contributed by atoms with E-state index in [4.69, 9.17) is 11.6 Å². The molecule has 0 fully saturated rings. The number of amides is 1. The normalized spacial score (nSPS) is 11.4. The molecule has 2 N–H and O–H groups in total. The molecule has 0 saturated heterocycles. The molecular formula is C20H19ClN2O3S2. The van der Waals surface area contributed by atoms with E-state index in [9.17, 15) is 13.2 Å². The summed E-state index contributed by atoms with van der Waals surface area (Å²) in [6.45, 7) is 0.231. The minimum atomic E-state index is -3.39. The van der Waals surface area contributed by atoms with Crippen molar-refractivity contribution in [2.24, 2.45) is 0 Å². The fraction of sp³-hybridized carbons (Fsp3) is 0.150. The largest absolute Gasteiger partial charge is 0.351 e. The van der Waals surface area contributed by atoms with Gasteiger partial charge in [0.15, 0.2) is 0 Å². The third-order valence-electron chi connectivity index (χ3n) is 3.96. The first-order valence-electron chi connectivity index (χ1n) is 8.46. The molecule has 0 spiro atoms. The van der Waals surface area contributed by atoms with Crippen LogP contribution in [0.4, 0.5) is 5.69 Å². The van der Waals surface area contributed by atoms with Gasteiger partial charge >= 0.3 is 0 Å². The van der Waals surface area contributed by atoms with Crippen molar-refractivity contribution in [3.8, 4) is 0 Å². The van der Waals surface area contributed by atoms with Gasteiger partial charge in [-0.2, -0.15) is 0 Å². The quantitative estimate of drug-likeness (QED) is 0.544. The van der Waals surface area contributed by atoms with E-state index in [1.54, 1.807) is 24.3 Å². The van der Waals surface area contributed by atoms with Crippen LogP contribution >= 0.6 is 23.4 Å². The van der Waals surface area contributed by atoms with Gasteiger partial charge in [-0.3, -0.25) is 9.52 Å². The minimum absolute atomic E-state index is 0.150. The molecule has 8 heteroatoms. The molecule has 28 heavy (non-hydrogen) atoms. The van der Waals surface area contributed by atoms with Gasteiger partial charge in [0.1, 0.15) is 0 Å². The van der Waals surface area contributed by atoms with E-state index in [-0.39, 0.29) is 18.2 Å². The van der Waals surface area contributed by atoms with E-state index >= 15 is 0 Å². The number of nitrogens with one attached hydrogen (secondary N) is 2. The minimum Gasteiger partial charge on any atom is -0.351 e. The second-order valence-corrected chi connectivity index (χ2v) is 9.36. The maximum Gasteiger partial charge on any atom is 0.230 e. The summed E-state index contributed by atoms with van der Waals surface area (Å²) in [5, 5.41) is 5.45. The Morgan fingerprint density at radius 2 is 1.75 bits per heavy atom. The standard InChI is InChI=1S/C20H19ClN2O3S2/c1-28(25,26)23-17-10-3-2-6-15(17)12-22-19(24)13-27-18-11-5-8-14-7-4-9-16(21)20(14)18/h2-11,23H,12-13H2,1H3,(H,22,24). The molecule has 0 atom stereocenters. The van der Waals surface area contributed by atoms with Crippen LogP contribution in [0.1, 0.15) is 5.56 Å². The number of carbonyl (C=O) groups is 1. The van der Waals surface area contributed by atoms with E-state index in [0.29, 0.717) is 16.3 Å². The Hall–Kier alpha value is -2.22. The molecule has 0 aliphatic carbocycles. The molecule has 3 aromatic rings. The predicted octanol–water partition coefficient (Wildman–Crippen LogP) is 4.27. The van der Waals surface area contributed by atoms with Gasteiger partial charge in [-0.05, 0) is 29.1 Å². The van der Waals surface area contributed by atoms with Crippen molar-refractivity contribution >= 4 is 55.8 Å². The average molecular weight is 435 g/mol. The summed E-state index contributed by atoms with van der Waals surface area (Å²) in [7, 11) is -3.39. The number of anilines is 1. The Bertz CT molecular complexity index is 1110. The van der Waals surface area contributed by atoms with Gasteiger partial charge in [0.2, 0.25) is 15.9 Å². The van der Waals surface area contributed by atoms with Gasteiger partial charge < -0.3 is 5.32 Å². The Morgan fingerprint density at radius 3 is 2.50 bits per heavy atom. The third kappa shape index (κ3) is 5.41. The molecule has 0 aliphatic rings. The van der Waals surface area contributed by atoms with Gasteiger partial charge in [0.25, 0.3) is 0 Å². The summed E-state index contributed by atoms with van der Waals surface area (Å²) in [5.74, 6) is 0.0784. The highest BCUT2D eigenvalue weighted by molar-refractivity contribution is 8.00. The van der Waals surface area contributed by atoms with Crippen molar-refractivity contribution in [1.29, 1.82) is 0 Å². The molecule has 1 amide bonds. The highest BCUT2D eigenvalue weighted by Gasteiger charge is 2.10. The number of para-hydroxylation sites is 1. The summed E-state index contributed by atoms with van der Waals surface area (Å²) < 4.78 is 25.4. The SMILES string of the molecule is CS(=O)(=O)Nc1ccccc1CNC(=O)CSc1cccc2cccc(Cl)c12. The number of hydrogen-bond acceptors (Lipinski definition) is 4. The van der Waals surface area contributed by atoms with Crippen LogP contribution in [0.5, 0.6) is 0 Å². The van der Waals surface area contributed by atoms with E-state index in [1.807, 2.05) is 36.4 Å². The maximum atomic E-state index is 12.3. The van der Waals surface area contributed by atoms with E-state index in [0.717, 1.165) is 21.9 Å². The van der Waals surface area contributed by atoms with Crippen molar-refractivity contribution in [3.05, 3.63) is 71.2 Å². The summed E-state index contributed by atoms with van der Waals surface area (Å²) in [6, 6.07) is 18.5. The van der Waals surface area contributed by atoms with Gasteiger partial charge in [-0.15, -0.1) is 11.8 Å². The van der Waals surface area contributed by atoms with Crippen LogP contribution < -0.4 is 10.0 Å². The Morgan fingerprint density at radius 1 is 1.04 bits per heavy atom. The molecular weight excluding hydrogens is 416 g/mol. The molecule has 0 bridgehead atoms. The highest BCUT2D eigenvalue weighted by atomic mass is 35.5. The van der Waals surface area contributed by atoms with Gasteiger partial charge in [-0.1, -0.05) is 54.1 Å². The van der Waals surface area contributed by atoms with Gasteiger partial charge in [0, 0.05) is 21.8 Å². The first-order chi connectivity index (χ1) is 13.3. The van der Waals surface area contributed by atoms with Crippen LogP contribution in [0.3, 0.4) is 0 Å². The molecule has 3 rings (SSSR count). The number of fused-ring (bicyclic) bond motifs is 1. The molecule has 0 heterocycles. The maximum absolute atomic E-state index is 12.3. The second-order valence-electron chi connectivity index (χ2n) is 6.19. The van der Waals surface area contributed by atoms with Crippen LogP contribution in [-0.2, 0) is 21.4 Å². The third-order valence-corrected chi connectivity index (χ3v) is 5.93. The van der Waals surface area contributed by atoms with Crippen molar-refractivity contribution in [1.82, 2.24) is 5.32 Å². The molecule has 0 unspecified atom stereocenters. The lowest BCUT2D eigenvalue weighted by Gasteiger charge is -2.12.